The van der Waals surface area contributed by atoms with Gasteiger partial charge in [-0.2, -0.15) is 0 Å². The Morgan fingerprint density at radius 3 is 2.50 bits per heavy atom. The molecule has 2 atom stereocenters. The maximum atomic E-state index is 12.1. The number of likely N-dealkylation sites (N-methyl/N-ethyl adjacent to an activating group) is 1. The SMILES string of the molecule is Cc1ccc(NC(=O)C[C@@H](C)NC[C@@H](c2ccco2)N(C)C)cc1. The van der Waals surface area contributed by atoms with Gasteiger partial charge in [-0.1, -0.05) is 17.7 Å². The van der Waals surface area contributed by atoms with E-state index in [4.69, 9.17) is 4.42 Å². The standard InChI is InChI=1S/C19H27N3O2/c1-14-7-9-16(10-8-14)21-19(23)12-15(2)20-13-17(22(3)4)18-6-5-11-24-18/h5-11,15,17,20H,12-13H2,1-4H3,(H,21,23)/t15-,17+/m1/s1. The van der Waals surface area contributed by atoms with Crippen molar-refractivity contribution in [3.8, 4) is 0 Å². The Labute approximate surface area is 144 Å². The molecule has 0 radical (unpaired) electrons. The molecule has 2 N–H and O–H groups in total. The summed E-state index contributed by atoms with van der Waals surface area (Å²) in [4.78, 5) is 14.2. The van der Waals surface area contributed by atoms with Crippen LogP contribution in [-0.2, 0) is 4.79 Å². The maximum Gasteiger partial charge on any atom is 0.225 e. The number of anilines is 1. The third kappa shape index (κ3) is 5.51. The molecule has 1 aromatic heterocycles. The summed E-state index contributed by atoms with van der Waals surface area (Å²) in [6, 6.07) is 11.9. The van der Waals surface area contributed by atoms with Crippen LogP contribution in [-0.4, -0.2) is 37.5 Å². The van der Waals surface area contributed by atoms with Crippen molar-refractivity contribution in [2.75, 3.05) is 26.0 Å². The number of benzene rings is 1. The molecule has 0 aliphatic heterocycles. The predicted octanol–water partition coefficient (Wildman–Crippen LogP) is 3.20. The third-order valence-electron chi connectivity index (χ3n) is 3.98. The summed E-state index contributed by atoms with van der Waals surface area (Å²) in [7, 11) is 4.03. The lowest BCUT2D eigenvalue weighted by Crippen LogP contribution is -2.37. The highest BCUT2D eigenvalue weighted by molar-refractivity contribution is 5.91. The summed E-state index contributed by atoms with van der Waals surface area (Å²) < 4.78 is 5.50. The van der Waals surface area contributed by atoms with Crippen LogP contribution < -0.4 is 10.6 Å². The molecule has 2 rings (SSSR count). The van der Waals surface area contributed by atoms with Crippen LogP contribution in [0.5, 0.6) is 0 Å². The van der Waals surface area contributed by atoms with Gasteiger partial charge in [-0.3, -0.25) is 9.69 Å². The number of carbonyl (C=O) groups excluding carboxylic acids is 1. The third-order valence-corrected chi connectivity index (χ3v) is 3.98. The first-order valence-electron chi connectivity index (χ1n) is 8.25. The molecule has 0 saturated carbocycles. The fourth-order valence-corrected chi connectivity index (χ4v) is 2.53. The van der Waals surface area contributed by atoms with E-state index in [1.54, 1.807) is 6.26 Å². The van der Waals surface area contributed by atoms with Crippen molar-refractivity contribution < 1.29 is 9.21 Å². The second-order valence-corrected chi connectivity index (χ2v) is 6.42. The number of carbonyl (C=O) groups is 1. The number of aryl methyl sites for hydroxylation is 1. The number of furan rings is 1. The number of rotatable bonds is 8. The molecule has 0 spiro atoms. The molecule has 0 bridgehead atoms. The molecule has 0 aliphatic carbocycles. The lowest BCUT2D eigenvalue weighted by atomic mass is 10.1. The van der Waals surface area contributed by atoms with Crippen LogP contribution in [0, 0.1) is 6.92 Å². The van der Waals surface area contributed by atoms with E-state index >= 15 is 0 Å². The Hall–Kier alpha value is -2.11. The highest BCUT2D eigenvalue weighted by atomic mass is 16.3. The molecular weight excluding hydrogens is 302 g/mol. The van der Waals surface area contributed by atoms with Crippen molar-refractivity contribution in [3.63, 3.8) is 0 Å². The number of hydrogen-bond acceptors (Lipinski definition) is 4. The largest absolute Gasteiger partial charge is 0.468 e. The number of nitrogens with one attached hydrogen (secondary N) is 2. The van der Waals surface area contributed by atoms with Crippen LogP contribution >= 0.6 is 0 Å². The van der Waals surface area contributed by atoms with Crippen LogP contribution in [0.3, 0.4) is 0 Å². The van der Waals surface area contributed by atoms with Crippen molar-refractivity contribution in [1.29, 1.82) is 0 Å². The van der Waals surface area contributed by atoms with Gasteiger partial charge in [0.2, 0.25) is 5.91 Å². The summed E-state index contributed by atoms with van der Waals surface area (Å²) in [5, 5.41) is 6.35. The Morgan fingerprint density at radius 1 is 1.21 bits per heavy atom. The Kier molecular flexibility index (Phi) is 6.58. The highest BCUT2D eigenvalue weighted by Gasteiger charge is 2.18. The first-order valence-corrected chi connectivity index (χ1v) is 8.25. The van der Waals surface area contributed by atoms with Gasteiger partial charge in [-0.25, -0.2) is 0 Å². The van der Waals surface area contributed by atoms with Gasteiger partial charge in [0.1, 0.15) is 5.76 Å². The molecule has 2 aromatic rings. The fraction of sp³-hybridized carbons (Fsp3) is 0.421. The highest BCUT2D eigenvalue weighted by Crippen LogP contribution is 2.18. The molecule has 0 aliphatic rings. The quantitative estimate of drug-likeness (QED) is 0.781. The lowest BCUT2D eigenvalue weighted by Gasteiger charge is -2.24. The van der Waals surface area contributed by atoms with E-state index in [2.05, 4.69) is 15.5 Å². The van der Waals surface area contributed by atoms with Crippen LogP contribution in [0.15, 0.2) is 47.1 Å². The van der Waals surface area contributed by atoms with Gasteiger partial charge in [-0.05, 0) is 52.2 Å². The van der Waals surface area contributed by atoms with E-state index in [0.29, 0.717) is 6.42 Å². The average Bonchev–Trinajstić information content (AvgIpc) is 3.03. The average molecular weight is 329 g/mol. The van der Waals surface area contributed by atoms with E-state index in [1.165, 1.54) is 5.56 Å². The maximum absolute atomic E-state index is 12.1. The van der Waals surface area contributed by atoms with Crippen LogP contribution in [0.1, 0.15) is 30.7 Å². The molecule has 0 unspecified atom stereocenters. The van der Waals surface area contributed by atoms with Gasteiger partial charge < -0.3 is 15.1 Å². The van der Waals surface area contributed by atoms with Gasteiger partial charge in [0.15, 0.2) is 0 Å². The molecule has 5 nitrogen and oxygen atoms in total. The molecule has 0 fully saturated rings. The molecule has 24 heavy (non-hydrogen) atoms. The monoisotopic (exact) mass is 329 g/mol. The predicted molar refractivity (Wildman–Crippen MR) is 97.0 cm³/mol. The van der Waals surface area contributed by atoms with Crippen LogP contribution in [0.25, 0.3) is 0 Å². The van der Waals surface area contributed by atoms with E-state index in [1.807, 2.05) is 64.3 Å². The number of hydrogen-bond donors (Lipinski definition) is 2. The normalized spacial score (nSPS) is 13.7. The molecule has 0 saturated heterocycles. The molecule has 5 heteroatoms. The molecule has 1 amide bonds. The summed E-state index contributed by atoms with van der Waals surface area (Å²) in [6.07, 6.45) is 2.11. The van der Waals surface area contributed by atoms with Crippen molar-refractivity contribution in [2.24, 2.45) is 0 Å². The van der Waals surface area contributed by atoms with Crippen molar-refractivity contribution in [3.05, 3.63) is 54.0 Å². The summed E-state index contributed by atoms with van der Waals surface area (Å²) >= 11 is 0. The second kappa shape index (κ2) is 8.66. The minimum Gasteiger partial charge on any atom is -0.468 e. The van der Waals surface area contributed by atoms with Gasteiger partial charge in [0.05, 0.1) is 12.3 Å². The van der Waals surface area contributed by atoms with E-state index in [0.717, 1.165) is 18.0 Å². The Morgan fingerprint density at radius 2 is 1.92 bits per heavy atom. The topological polar surface area (TPSA) is 57.5 Å². The first-order chi connectivity index (χ1) is 11.5. The van der Waals surface area contributed by atoms with E-state index in [9.17, 15) is 4.79 Å². The first kappa shape index (κ1) is 18.2. The summed E-state index contributed by atoms with van der Waals surface area (Å²) in [5.74, 6) is 0.932. The zero-order valence-electron chi connectivity index (χ0n) is 14.9. The Bertz CT molecular complexity index is 621. The van der Waals surface area contributed by atoms with Crippen molar-refractivity contribution in [2.45, 2.75) is 32.4 Å². The van der Waals surface area contributed by atoms with Crippen molar-refractivity contribution >= 4 is 11.6 Å². The summed E-state index contributed by atoms with van der Waals surface area (Å²) in [5.41, 5.74) is 2.01. The smallest absolute Gasteiger partial charge is 0.225 e. The molecule has 1 heterocycles. The zero-order chi connectivity index (χ0) is 17.5. The van der Waals surface area contributed by atoms with Gasteiger partial charge >= 0.3 is 0 Å². The number of amides is 1. The second-order valence-electron chi connectivity index (χ2n) is 6.42. The number of nitrogens with zero attached hydrogens (tertiary/aromatic N) is 1. The van der Waals surface area contributed by atoms with E-state index in [-0.39, 0.29) is 18.0 Å². The summed E-state index contributed by atoms with van der Waals surface area (Å²) in [6.45, 7) is 4.76. The fourth-order valence-electron chi connectivity index (χ4n) is 2.53. The minimum absolute atomic E-state index is 0.0123. The minimum atomic E-state index is 0.0123. The van der Waals surface area contributed by atoms with Gasteiger partial charge in [0.25, 0.3) is 0 Å². The molecular formula is C19H27N3O2. The van der Waals surface area contributed by atoms with Crippen LogP contribution in [0.2, 0.25) is 0 Å². The van der Waals surface area contributed by atoms with E-state index < -0.39 is 0 Å². The molecule has 1 aromatic carbocycles. The van der Waals surface area contributed by atoms with Crippen LogP contribution in [0.4, 0.5) is 5.69 Å². The lowest BCUT2D eigenvalue weighted by molar-refractivity contribution is -0.116. The van der Waals surface area contributed by atoms with Gasteiger partial charge in [-0.15, -0.1) is 0 Å². The zero-order valence-corrected chi connectivity index (χ0v) is 14.9. The molecule has 130 valence electrons. The van der Waals surface area contributed by atoms with Crippen molar-refractivity contribution in [1.82, 2.24) is 10.2 Å². The van der Waals surface area contributed by atoms with Gasteiger partial charge in [0, 0.05) is 24.7 Å². The Balaban J connectivity index is 1.80.